The number of rotatable bonds is 5. The molecule has 0 heterocycles. The lowest BCUT2D eigenvalue weighted by atomic mass is 9.67. The Morgan fingerprint density at radius 3 is 2.52 bits per heavy atom. The maximum Gasteiger partial charge on any atom is 0.309 e. The normalized spacial score (nSPS) is 24.2. The number of hydrogen-bond acceptors (Lipinski definition) is 6. The number of nitro benzene ring substituents is 1. The summed E-state index contributed by atoms with van der Waals surface area (Å²) >= 11 is 5.91. The number of halogens is 1. The molecule has 2 fully saturated rings. The van der Waals surface area contributed by atoms with Gasteiger partial charge < -0.3 is 10.1 Å². The molecule has 3 rings (SSSR count). The van der Waals surface area contributed by atoms with Crippen LogP contribution in [0.15, 0.2) is 18.2 Å². The molecule has 2 bridgehead atoms. The third-order valence-corrected chi connectivity index (χ3v) is 5.48. The fraction of sp³-hybridized carbons (Fsp3) is 0.500. The number of anilines is 1. The molecule has 0 radical (unpaired) electrons. The van der Waals surface area contributed by atoms with Gasteiger partial charge in [0.25, 0.3) is 11.6 Å². The fourth-order valence-electron chi connectivity index (χ4n) is 3.83. The van der Waals surface area contributed by atoms with Gasteiger partial charge in [-0.15, -0.1) is 0 Å². The predicted octanol–water partition coefficient (Wildman–Crippen LogP) is 3.13. The molecule has 1 aromatic rings. The molecule has 1 N–H and O–H groups in total. The van der Waals surface area contributed by atoms with Crippen molar-refractivity contribution in [1.29, 1.82) is 0 Å². The first-order valence-electron chi connectivity index (χ1n) is 8.79. The van der Waals surface area contributed by atoms with Crippen LogP contribution in [0.2, 0.25) is 5.02 Å². The van der Waals surface area contributed by atoms with Crippen molar-refractivity contribution in [2.45, 2.75) is 32.1 Å². The van der Waals surface area contributed by atoms with Gasteiger partial charge in [-0.05, 0) is 31.7 Å². The molecule has 1 amide bonds. The quantitative estimate of drug-likeness (QED) is 0.466. The van der Waals surface area contributed by atoms with Crippen LogP contribution in [0.25, 0.3) is 0 Å². The SMILES string of the molecule is O=C(COC(=O)C1C[C@H]2CCC[C@H](C1)C2=O)Nc1ccc([N+](=O)[O-])cc1Cl. The van der Waals surface area contributed by atoms with Crippen LogP contribution in [0.4, 0.5) is 11.4 Å². The number of hydrogen-bond donors (Lipinski definition) is 1. The Bertz CT molecular complexity index is 780. The fourth-order valence-corrected chi connectivity index (χ4v) is 4.05. The van der Waals surface area contributed by atoms with Crippen molar-refractivity contribution in [1.82, 2.24) is 0 Å². The number of fused-ring (bicyclic) bond motifs is 2. The molecule has 144 valence electrons. The van der Waals surface area contributed by atoms with E-state index in [0.29, 0.717) is 12.8 Å². The maximum absolute atomic E-state index is 12.3. The van der Waals surface area contributed by atoms with E-state index in [1.165, 1.54) is 12.1 Å². The molecule has 2 saturated carbocycles. The Kier molecular flexibility index (Phi) is 5.74. The van der Waals surface area contributed by atoms with Crippen LogP contribution in [0.3, 0.4) is 0 Å². The van der Waals surface area contributed by atoms with E-state index in [-0.39, 0.29) is 39.9 Å². The zero-order valence-corrected chi connectivity index (χ0v) is 15.2. The van der Waals surface area contributed by atoms with E-state index < -0.39 is 23.4 Å². The summed E-state index contributed by atoms with van der Waals surface area (Å²) in [6.07, 6.45) is 3.63. The lowest BCUT2D eigenvalue weighted by molar-refractivity contribution is -0.384. The standard InChI is InChI=1S/C18H19ClN2O6/c19-14-8-13(21(25)26)4-5-15(14)20-16(22)9-27-18(24)12-6-10-2-1-3-11(7-12)17(10)23/h4-5,8,10-12H,1-3,6-7,9H2,(H,20,22)/t10-,11-/m1/s1. The highest BCUT2D eigenvalue weighted by Crippen LogP contribution is 2.40. The molecule has 0 aromatic heterocycles. The maximum atomic E-state index is 12.3. The summed E-state index contributed by atoms with van der Waals surface area (Å²) in [7, 11) is 0. The molecular formula is C18H19ClN2O6. The van der Waals surface area contributed by atoms with Crippen molar-refractivity contribution in [3.8, 4) is 0 Å². The van der Waals surface area contributed by atoms with Crippen molar-refractivity contribution in [3.05, 3.63) is 33.3 Å². The van der Waals surface area contributed by atoms with Gasteiger partial charge >= 0.3 is 5.97 Å². The topological polar surface area (TPSA) is 116 Å². The van der Waals surface area contributed by atoms with Crippen molar-refractivity contribution in [2.75, 3.05) is 11.9 Å². The lowest BCUT2D eigenvalue weighted by Gasteiger charge is -2.36. The third kappa shape index (κ3) is 4.44. The second kappa shape index (κ2) is 8.04. The van der Waals surface area contributed by atoms with E-state index in [1.807, 2.05) is 0 Å². The summed E-state index contributed by atoms with van der Waals surface area (Å²) in [6, 6.07) is 3.65. The van der Waals surface area contributed by atoms with E-state index >= 15 is 0 Å². The van der Waals surface area contributed by atoms with Gasteiger partial charge in [-0.25, -0.2) is 0 Å². The van der Waals surface area contributed by atoms with Crippen molar-refractivity contribution in [3.63, 3.8) is 0 Å². The van der Waals surface area contributed by atoms with Crippen molar-refractivity contribution >= 4 is 40.6 Å². The Balaban J connectivity index is 1.51. The number of nitro groups is 1. The van der Waals surface area contributed by atoms with Crippen molar-refractivity contribution < 1.29 is 24.0 Å². The monoisotopic (exact) mass is 394 g/mol. The first-order valence-corrected chi connectivity index (χ1v) is 9.17. The summed E-state index contributed by atoms with van der Waals surface area (Å²) < 4.78 is 5.10. The van der Waals surface area contributed by atoms with Crippen LogP contribution in [0, 0.1) is 27.9 Å². The van der Waals surface area contributed by atoms with Gasteiger partial charge in [0, 0.05) is 24.0 Å². The highest BCUT2D eigenvalue weighted by Gasteiger charge is 2.41. The number of carbonyl (C=O) groups is 3. The number of ether oxygens (including phenoxy) is 1. The molecule has 2 atom stereocenters. The number of nitrogens with zero attached hydrogens (tertiary/aromatic N) is 1. The smallest absolute Gasteiger partial charge is 0.309 e. The van der Waals surface area contributed by atoms with Crippen molar-refractivity contribution in [2.24, 2.45) is 17.8 Å². The zero-order valence-electron chi connectivity index (χ0n) is 14.5. The molecule has 2 aliphatic carbocycles. The van der Waals surface area contributed by atoms with Crippen LogP contribution in [0.1, 0.15) is 32.1 Å². The number of non-ortho nitro benzene ring substituents is 1. The number of amides is 1. The number of Topliss-reactive ketones (excluding diaryl/α,β-unsaturated/α-hetero) is 1. The first-order chi connectivity index (χ1) is 12.8. The second-order valence-electron chi connectivity index (χ2n) is 6.97. The van der Waals surface area contributed by atoms with Gasteiger partial charge in [0.05, 0.1) is 21.6 Å². The molecule has 2 aliphatic rings. The average molecular weight is 395 g/mol. The van der Waals surface area contributed by atoms with Gasteiger partial charge in [-0.3, -0.25) is 24.5 Å². The third-order valence-electron chi connectivity index (χ3n) is 5.16. The summed E-state index contributed by atoms with van der Waals surface area (Å²) in [5.74, 6) is -1.29. The number of carbonyl (C=O) groups excluding carboxylic acids is 3. The van der Waals surface area contributed by atoms with Gasteiger partial charge in [-0.2, -0.15) is 0 Å². The van der Waals surface area contributed by atoms with E-state index in [4.69, 9.17) is 16.3 Å². The van der Waals surface area contributed by atoms with Crippen LogP contribution in [0.5, 0.6) is 0 Å². The van der Waals surface area contributed by atoms with E-state index in [2.05, 4.69) is 5.32 Å². The molecule has 0 saturated heterocycles. The highest BCUT2D eigenvalue weighted by molar-refractivity contribution is 6.34. The molecule has 9 heteroatoms. The Labute approximate surface area is 160 Å². The number of nitrogens with one attached hydrogen (secondary N) is 1. The molecule has 8 nitrogen and oxygen atoms in total. The molecule has 1 aromatic carbocycles. The number of benzene rings is 1. The zero-order chi connectivity index (χ0) is 19.6. The molecule has 27 heavy (non-hydrogen) atoms. The van der Waals surface area contributed by atoms with E-state index in [1.54, 1.807) is 0 Å². The Morgan fingerprint density at radius 2 is 1.93 bits per heavy atom. The Morgan fingerprint density at radius 1 is 1.26 bits per heavy atom. The van der Waals surface area contributed by atoms with E-state index in [9.17, 15) is 24.5 Å². The minimum absolute atomic E-state index is 0.0162. The predicted molar refractivity (Wildman–Crippen MR) is 96.3 cm³/mol. The second-order valence-corrected chi connectivity index (χ2v) is 7.38. The van der Waals surface area contributed by atoms with Crippen LogP contribution >= 0.6 is 11.6 Å². The van der Waals surface area contributed by atoms with Crippen LogP contribution < -0.4 is 5.32 Å². The summed E-state index contributed by atoms with van der Waals surface area (Å²) in [5.41, 5.74) is 0.00271. The highest BCUT2D eigenvalue weighted by atomic mass is 35.5. The average Bonchev–Trinajstić information content (AvgIpc) is 2.61. The summed E-state index contributed by atoms with van der Waals surface area (Å²) in [5, 5.41) is 13.2. The summed E-state index contributed by atoms with van der Waals surface area (Å²) in [6.45, 7) is -0.480. The first kappa shape index (κ1) is 19.3. The van der Waals surface area contributed by atoms with Crippen LogP contribution in [-0.4, -0.2) is 29.2 Å². The van der Waals surface area contributed by atoms with Crippen LogP contribution in [-0.2, 0) is 19.1 Å². The van der Waals surface area contributed by atoms with Gasteiger partial charge in [-0.1, -0.05) is 18.0 Å². The molecule has 0 spiro atoms. The summed E-state index contributed by atoms with van der Waals surface area (Å²) in [4.78, 5) is 46.4. The molecule has 0 unspecified atom stereocenters. The Hall–Kier alpha value is -2.48. The minimum atomic E-state index is -0.594. The number of ketones is 1. The largest absolute Gasteiger partial charge is 0.455 e. The van der Waals surface area contributed by atoms with E-state index in [0.717, 1.165) is 25.3 Å². The molecular weight excluding hydrogens is 376 g/mol. The number of esters is 1. The van der Waals surface area contributed by atoms with Gasteiger partial charge in [0.2, 0.25) is 0 Å². The minimum Gasteiger partial charge on any atom is -0.455 e. The van der Waals surface area contributed by atoms with Gasteiger partial charge in [0.15, 0.2) is 6.61 Å². The lowest BCUT2D eigenvalue weighted by Crippen LogP contribution is -2.40. The van der Waals surface area contributed by atoms with Gasteiger partial charge in [0.1, 0.15) is 5.78 Å². The molecule has 0 aliphatic heterocycles.